The SMILES string of the molecule is COCCNc1nc(N)c(C(=O)NCc2ccn(C)n2)s1. The third-order valence-electron chi connectivity index (χ3n) is 2.64. The molecule has 0 bridgehead atoms. The van der Waals surface area contributed by atoms with Gasteiger partial charge in [-0.1, -0.05) is 11.3 Å². The van der Waals surface area contributed by atoms with Gasteiger partial charge in [0.2, 0.25) is 0 Å². The Balaban J connectivity index is 1.92. The van der Waals surface area contributed by atoms with Gasteiger partial charge in [0.25, 0.3) is 5.91 Å². The Kier molecular flexibility index (Phi) is 5.12. The van der Waals surface area contributed by atoms with E-state index in [1.54, 1.807) is 11.8 Å². The van der Waals surface area contributed by atoms with Gasteiger partial charge < -0.3 is 21.1 Å². The highest BCUT2D eigenvalue weighted by Crippen LogP contribution is 2.24. The smallest absolute Gasteiger partial charge is 0.265 e. The summed E-state index contributed by atoms with van der Waals surface area (Å²) < 4.78 is 6.61. The van der Waals surface area contributed by atoms with Crippen molar-refractivity contribution >= 4 is 28.2 Å². The first-order valence-corrected chi connectivity index (χ1v) is 7.17. The molecular formula is C12H18N6O2S. The van der Waals surface area contributed by atoms with Gasteiger partial charge in [0.15, 0.2) is 5.13 Å². The second-order valence-electron chi connectivity index (χ2n) is 4.32. The summed E-state index contributed by atoms with van der Waals surface area (Å²) in [6, 6.07) is 1.84. The minimum absolute atomic E-state index is 0.221. The van der Waals surface area contributed by atoms with Crippen molar-refractivity contribution in [2.45, 2.75) is 6.54 Å². The van der Waals surface area contributed by atoms with Crippen LogP contribution in [0.4, 0.5) is 10.9 Å². The number of aromatic nitrogens is 3. The molecule has 9 heteroatoms. The van der Waals surface area contributed by atoms with Crippen molar-refractivity contribution in [2.24, 2.45) is 7.05 Å². The molecule has 0 radical (unpaired) electrons. The number of methoxy groups -OCH3 is 1. The molecule has 0 atom stereocenters. The lowest BCUT2D eigenvalue weighted by Crippen LogP contribution is -2.23. The van der Waals surface area contributed by atoms with Gasteiger partial charge in [-0.15, -0.1) is 0 Å². The molecule has 2 heterocycles. The first-order chi connectivity index (χ1) is 10.1. The lowest BCUT2D eigenvalue weighted by molar-refractivity contribution is 0.0955. The van der Waals surface area contributed by atoms with Crippen LogP contribution in [0.3, 0.4) is 0 Å². The largest absolute Gasteiger partial charge is 0.383 e. The molecule has 0 aliphatic carbocycles. The van der Waals surface area contributed by atoms with Crippen LogP contribution >= 0.6 is 11.3 Å². The van der Waals surface area contributed by atoms with E-state index in [0.717, 1.165) is 5.69 Å². The van der Waals surface area contributed by atoms with Gasteiger partial charge in [-0.05, 0) is 6.07 Å². The zero-order valence-corrected chi connectivity index (χ0v) is 12.7. The number of anilines is 2. The van der Waals surface area contributed by atoms with E-state index in [0.29, 0.717) is 29.7 Å². The van der Waals surface area contributed by atoms with Gasteiger partial charge in [0, 0.05) is 26.9 Å². The zero-order chi connectivity index (χ0) is 15.2. The second-order valence-corrected chi connectivity index (χ2v) is 5.32. The number of nitrogen functional groups attached to an aromatic ring is 1. The number of aryl methyl sites for hydroxylation is 1. The van der Waals surface area contributed by atoms with Crippen LogP contribution in [-0.2, 0) is 18.3 Å². The van der Waals surface area contributed by atoms with Gasteiger partial charge in [-0.25, -0.2) is 4.98 Å². The highest BCUT2D eigenvalue weighted by atomic mass is 32.1. The Morgan fingerprint density at radius 3 is 3.05 bits per heavy atom. The van der Waals surface area contributed by atoms with Crippen LogP contribution in [0.25, 0.3) is 0 Å². The monoisotopic (exact) mass is 310 g/mol. The molecule has 0 aliphatic rings. The van der Waals surface area contributed by atoms with E-state index in [4.69, 9.17) is 10.5 Å². The quantitative estimate of drug-likeness (QED) is 0.641. The lowest BCUT2D eigenvalue weighted by atomic mass is 10.4. The molecule has 0 fully saturated rings. The number of thiazole rings is 1. The Labute approximate surface area is 126 Å². The first kappa shape index (κ1) is 15.3. The number of rotatable bonds is 7. The number of nitrogens with one attached hydrogen (secondary N) is 2. The van der Waals surface area contributed by atoms with Crippen LogP contribution in [0.5, 0.6) is 0 Å². The first-order valence-electron chi connectivity index (χ1n) is 6.36. The molecule has 4 N–H and O–H groups in total. The molecule has 114 valence electrons. The number of nitrogens with zero attached hydrogens (tertiary/aromatic N) is 3. The molecule has 0 saturated heterocycles. The standard InChI is InChI=1S/C12H18N6O2S/c1-18-5-3-8(17-18)7-15-11(19)9-10(13)16-12(21-9)14-4-6-20-2/h3,5H,4,6-7,13H2,1-2H3,(H,14,16)(H,15,19). The number of amides is 1. The molecular weight excluding hydrogens is 292 g/mol. The van der Waals surface area contributed by atoms with E-state index in [1.165, 1.54) is 11.3 Å². The van der Waals surface area contributed by atoms with Crippen LogP contribution in [-0.4, -0.2) is 40.9 Å². The normalized spacial score (nSPS) is 10.6. The Morgan fingerprint density at radius 1 is 1.57 bits per heavy atom. The van der Waals surface area contributed by atoms with Crippen molar-refractivity contribution in [3.05, 3.63) is 22.8 Å². The molecule has 2 rings (SSSR count). The van der Waals surface area contributed by atoms with E-state index in [2.05, 4.69) is 20.7 Å². The number of carbonyl (C=O) groups excluding carboxylic acids is 1. The van der Waals surface area contributed by atoms with Crippen LogP contribution in [0, 0.1) is 0 Å². The molecule has 0 saturated carbocycles. The van der Waals surface area contributed by atoms with Crippen LogP contribution in [0.1, 0.15) is 15.4 Å². The zero-order valence-electron chi connectivity index (χ0n) is 11.9. The third kappa shape index (κ3) is 4.17. The minimum Gasteiger partial charge on any atom is -0.383 e. The van der Waals surface area contributed by atoms with Crippen molar-refractivity contribution in [2.75, 3.05) is 31.3 Å². The minimum atomic E-state index is -0.254. The molecule has 2 aromatic rings. The van der Waals surface area contributed by atoms with E-state index < -0.39 is 0 Å². The van der Waals surface area contributed by atoms with Gasteiger partial charge >= 0.3 is 0 Å². The molecule has 0 aliphatic heterocycles. The van der Waals surface area contributed by atoms with Gasteiger partial charge in [-0.2, -0.15) is 5.10 Å². The average molecular weight is 310 g/mol. The molecule has 1 amide bonds. The van der Waals surface area contributed by atoms with Crippen LogP contribution in [0.15, 0.2) is 12.3 Å². The van der Waals surface area contributed by atoms with E-state index in [9.17, 15) is 4.79 Å². The van der Waals surface area contributed by atoms with Crippen molar-refractivity contribution in [1.82, 2.24) is 20.1 Å². The Bertz CT molecular complexity index is 609. The maximum absolute atomic E-state index is 12.1. The maximum atomic E-state index is 12.1. The lowest BCUT2D eigenvalue weighted by Gasteiger charge is -2.01. The fourth-order valence-electron chi connectivity index (χ4n) is 1.64. The summed E-state index contributed by atoms with van der Waals surface area (Å²) in [5.74, 6) is -0.0334. The fourth-order valence-corrected chi connectivity index (χ4v) is 2.47. The highest BCUT2D eigenvalue weighted by Gasteiger charge is 2.16. The predicted octanol–water partition coefficient (Wildman–Crippen LogP) is 0.447. The summed E-state index contributed by atoms with van der Waals surface area (Å²) in [6.07, 6.45) is 1.82. The molecule has 8 nitrogen and oxygen atoms in total. The van der Waals surface area contributed by atoms with Crippen molar-refractivity contribution in [3.63, 3.8) is 0 Å². The van der Waals surface area contributed by atoms with E-state index >= 15 is 0 Å². The molecule has 21 heavy (non-hydrogen) atoms. The average Bonchev–Trinajstić information content (AvgIpc) is 3.03. The van der Waals surface area contributed by atoms with Crippen molar-refractivity contribution in [1.29, 1.82) is 0 Å². The van der Waals surface area contributed by atoms with Crippen molar-refractivity contribution in [3.8, 4) is 0 Å². The summed E-state index contributed by atoms with van der Waals surface area (Å²) in [6.45, 7) is 1.52. The number of carbonyl (C=O) groups is 1. The third-order valence-corrected chi connectivity index (χ3v) is 3.67. The maximum Gasteiger partial charge on any atom is 0.265 e. The van der Waals surface area contributed by atoms with Gasteiger partial charge in [0.1, 0.15) is 10.7 Å². The molecule has 0 spiro atoms. The van der Waals surface area contributed by atoms with E-state index in [-0.39, 0.29) is 11.7 Å². The van der Waals surface area contributed by atoms with Gasteiger partial charge in [-0.3, -0.25) is 9.48 Å². The summed E-state index contributed by atoms with van der Waals surface area (Å²) in [7, 11) is 3.44. The number of hydrogen-bond acceptors (Lipinski definition) is 7. The summed E-state index contributed by atoms with van der Waals surface area (Å²) in [4.78, 5) is 16.6. The Hall–Kier alpha value is -2.13. The van der Waals surface area contributed by atoms with Crippen LogP contribution in [0.2, 0.25) is 0 Å². The van der Waals surface area contributed by atoms with E-state index in [1.807, 2.05) is 19.3 Å². The predicted molar refractivity (Wildman–Crippen MR) is 81.3 cm³/mol. The highest BCUT2D eigenvalue weighted by molar-refractivity contribution is 7.18. The second kappa shape index (κ2) is 7.04. The molecule has 2 aromatic heterocycles. The number of ether oxygens (including phenoxy) is 1. The molecule has 0 unspecified atom stereocenters. The fraction of sp³-hybridized carbons (Fsp3) is 0.417. The summed E-state index contributed by atoms with van der Waals surface area (Å²) in [5.41, 5.74) is 6.55. The number of nitrogens with two attached hydrogens (primary N) is 1. The van der Waals surface area contributed by atoms with Crippen LogP contribution < -0.4 is 16.4 Å². The summed E-state index contributed by atoms with van der Waals surface area (Å²) >= 11 is 1.22. The topological polar surface area (TPSA) is 107 Å². The number of hydrogen-bond donors (Lipinski definition) is 3. The molecule has 0 aromatic carbocycles. The van der Waals surface area contributed by atoms with Gasteiger partial charge in [0.05, 0.1) is 18.8 Å². The van der Waals surface area contributed by atoms with Crippen molar-refractivity contribution < 1.29 is 9.53 Å². The Morgan fingerprint density at radius 2 is 2.38 bits per heavy atom. The summed E-state index contributed by atoms with van der Waals surface area (Å²) in [5, 5.41) is 10.6.